The Hall–Kier alpha value is -4.46. The Kier molecular flexibility index (Phi) is 4.26. The molecule has 2 N–H and O–H groups in total. The summed E-state index contributed by atoms with van der Waals surface area (Å²) in [5.41, 5.74) is 6.00. The van der Waals surface area contributed by atoms with Gasteiger partial charge in [0.1, 0.15) is 22.8 Å². The molecule has 4 aromatic heterocycles. The zero-order valence-electron chi connectivity index (χ0n) is 17.4. The van der Waals surface area contributed by atoms with Crippen molar-refractivity contribution >= 4 is 21.9 Å². The second kappa shape index (κ2) is 7.30. The van der Waals surface area contributed by atoms with Crippen LogP contribution in [0.2, 0.25) is 0 Å². The lowest BCUT2D eigenvalue weighted by molar-refractivity contribution is 0.628. The predicted octanol–water partition coefficient (Wildman–Crippen LogP) is 5.82. The fourth-order valence-corrected chi connectivity index (χ4v) is 4.04. The first-order valence-corrected chi connectivity index (χ1v) is 10.3. The summed E-state index contributed by atoms with van der Waals surface area (Å²) in [4.78, 5) is 16.6. The Balaban J connectivity index is 1.53. The third kappa shape index (κ3) is 3.15. The van der Waals surface area contributed by atoms with Crippen molar-refractivity contribution in [3.8, 4) is 33.9 Å². The van der Waals surface area contributed by atoms with E-state index in [1.807, 2.05) is 19.1 Å². The van der Waals surface area contributed by atoms with E-state index in [9.17, 15) is 8.78 Å². The molecule has 6 rings (SSSR count). The van der Waals surface area contributed by atoms with Crippen LogP contribution in [0, 0.1) is 18.6 Å². The van der Waals surface area contributed by atoms with Crippen molar-refractivity contribution in [3.05, 3.63) is 84.3 Å². The minimum atomic E-state index is -0.360. The molecule has 6 nitrogen and oxygen atoms in total. The minimum absolute atomic E-state index is 0.316. The molecule has 0 spiro atoms. The zero-order chi connectivity index (χ0) is 22.5. The summed E-state index contributed by atoms with van der Waals surface area (Å²) in [5, 5.41) is 8.02. The smallest absolute Gasteiger partial charge is 0.159 e. The molecular weight excluding hydrogens is 422 g/mol. The normalized spacial score (nSPS) is 11.5. The number of aromatic nitrogens is 6. The predicted molar refractivity (Wildman–Crippen MR) is 122 cm³/mol. The van der Waals surface area contributed by atoms with Crippen molar-refractivity contribution in [2.75, 3.05) is 0 Å². The molecular formula is C25H16F2N6. The van der Waals surface area contributed by atoms with Gasteiger partial charge >= 0.3 is 0 Å². The van der Waals surface area contributed by atoms with Crippen molar-refractivity contribution in [1.82, 2.24) is 30.1 Å². The first kappa shape index (κ1) is 19.2. The van der Waals surface area contributed by atoms with Crippen molar-refractivity contribution in [2.24, 2.45) is 0 Å². The van der Waals surface area contributed by atoms with E-state index in [4.69, 9.17) is 4.98 Å². The number of imidazole rings is 1. The van der Waals surface area contributed by atoms with Crippen molar-refractivity contribution in [1.29, 1.82) is 0 Å². The van der Waals surface area contributed by atoms with Crippen LogP contribution in [-0.2, 0) is 0 Å². The van der Waals surface area contributed by atoms with Gasteiger partial charge < -0.3 is 4.98 Å². The second-order valence-corrected chi connectivity index (χ2v) is 7.79. The number of nitrogens with one attached hydrogen (secondary N) is 2. The van der Waals surface area contributed by atoms with E-state index < -0.39 is 0 Å². The highest BCUT2D eigenvalue weighted by atomic mass is 19.1. The maximum Gasteiger partial charge on any atom is 0.159 e. The second-order valence-electron chi connectivity index (χ2n) is 7.79. The summed E-state index contributed by atoms with van der Waals surface area (Å²) < 4.78 is 28.3. The van der Waals surface area contributed by atoms with Gasteiger partial charge in [-0.3, -0.25) is 15.1 Å². The number of aromatic amines is 2. The molecule has 33 heavy (non-hydrogen) atoms. The third-order valence-corrected chi connectivity index (χ3v) is 5.72. The van der Waals surface area contributed by atoms with Crippen molar-refractivity contribution < 1.29 is 8.78 Å². The van der Waals surface area contributed by atoms with E-state index >= 15 is 0 Å². The van der Waals surface area contributed by atoms with Crippen LogP contribution in [-0.4, -0.2) is 30.1 Å². The van der Waals surface area contributed by atoms with Gasteiger partial charge in [0.2, 0.25) is 0 Å². The molecule has 0 unspecified atom stereocenters. The fourth-order valence-electron chi connectivity index (χ4n) is 4.04. The highest BCUT2D eigenvalue weighted by Crippen LogP contribution is 2.34. The summed E-state index contributed by atoms with van der Waals surface area (Å²) in [5.74, 6) is -0.155. The van der Waals surface area contributed by atoms with Crippen LogP contribution < -0.4 is 0 Å². The number of aryl methyl sites for hydroxylation is 1. The van der Waals surface area contributed by atoms with Gasteiger partial charge in [0, 0.05) is 46.7 Å². The van der Waals surface area contributed by atoms with Crippen LogP contribution in [0.25, 0.3) is 55.8 Å². The van der Waals surface area contributed by atoms with E-state index in [1.54, 1.807) is 36.8 Å². The lowest BCUT2D eigenvalue weighted by Gasteiger charge is -2.07. The van der Waals surface area contributed by atoms with Crippen molar-refractivity contribution in [3.63, 3.8) is 0 Å². The van der Waals surface area contributed by atoms with E-state index in [-0.39, 0.29) is 11.6 Å². The lowest BCUT2D eigenvalue weighted by Crippen LogP contribution is -1.90. The molecule has 8 heteroatoms. The first-order chi connectivity index (χ1) is 16.1. The Morgan fingerprint density at radius 2 is 1.70 bits per heavy atom. The van der Waals surface area contributed by atoms with Gasteiger partial charge in [0.15, 0.2) is 5.82 Å². The molecule has 0 bridgehead atoms. The number of hydrogen-bond donors (Lipinski definition) is 2. The summed E-state index contributed by atoms with van der Waals surface area (Å²) >= 11 is 0. The minimum Gasteiger partial charge on any atom is -0.336 e. The highest BCUT2D eigenvalue weighted by molar-refractivity contribution is 5.97. The maximum absolute atomic E-state index is 14.9. The van der Waals surface area contributed by atoms with Crippen LogP contribution in [0.3, 0.4) is 0 Å². The highest BCUT2D eigenvalue weighted by Gasteiger charge is 2.18. The summed E-state index contributed by atoms with van der Waals surface area (Å²) in [6, 6.07) is 13.0. The molecule has 0 fully saturated rings. The Labute approximate surface area is 186 Å². The van der Waals surface area contributed by atoms with E-state index in [0.29, 0.717) is 33.8 Å². The molecule has 0 saturated heterocycles. The molecule has 0 saturated carbocycles. The van der Waals surface area contributed by atoms with Gasteiger partial charge in [0.25, 0.3) is 0 Å². The molecule has 2 aromatic carbocycles. The fraction of sp³-hybridized carbons (Fsp3) is 0.0400. The Morgan fingerprint density at radius 1 is 0.848 bits per heavy atom. The van der Waals surface area contributed by atoms with Crippen LogP contribution in [0.5, 0.6) is 0 Å². The monoisotopic (exact) mass is 438 g/mol. The molecule has 0 aliphatic rings. The quantitative estimate of drug-likeness (QED) is 0.365. The number of H-pyrrole nitrogens is 2. The molecule has 6 aromatic rings. The van der Waals surface area contributed by atoms with Gasteiger partial charge in [-0.15, -0.1) is 0 Å². The SMILES string of the molecule is Cc1ccncc1-c1cc2c(-c3nc4c(-c5ccc(F)cc5)nccc4[nH]3)n[nH]c2cc1F. The molecule has 0 aliphatic carbocycles. The van der Waals surface area contributed by atoms with Crippen LogP contribution >= 0.6 is 0 Å². The third-order valence-electron chi connectivity index (χ3n) is 5.72. The number of halogens is 2. The maximum atomic E-state index is 14.9. The average Bonchev–Trinajstić information content (AvgIpc) is 3.43. The largest absolute Gasteiger partial charge is 0.336 e. The number of fused-ring (bicyclic) bond motifs is 2. The Bertz CT molecular complexity index is 1650. The van der Waals surface area contributed by atoms with E-state index in [0.717, 1.165) is 27.6 Å². The molecule has 0 aliphatic heterocycles. The topological polar surface area (TPSA) is 83.1 Å². The summed E-state index contributed by atoms with van der Waals surface area (Å²) in [6.07, 6.45) is 5.01. The number of rotatable bonds is 3. The number of benzene rings is 2. The number of pyridine rings is 2. The van der Waals surface area contributed by atoms with Gasteiger partial charge in [-0.05, 0) is 55.0 Å². The number of nitrogens with zero attached hydrogens (tertiary/aromatic N) is 4. The number of hydrogen-bond acceptors (Lipinski definition) is 4. The molecule has 0 radical (unpaired) electrons. The van der Waals surface area contributed by atoms with E-state index in [1.165, 1.54) is 18.2 Å². The standard InChI is InChI=1S/C25H16F2N6/c1-13-6-8-28-12-18(13)16-10-17-21(11-19(16)27)32-33-23(17)25-30-20-7-9-29-22(24(20)31-25)14-2-4-15(26)5-3-14/h2-12H,1H3,(H,30,31)(H,32,33). The van der Waals surface area contributed by atoms with Crippen LogP contribution in [0.4, 0.5) is 8.78 Å². The van der Waals surface area contributed by atoms with Gasteiger partial charge in [-0.2, -0.15) is 5.10 Å². The Morgan fingerprint density at radius 3 is 2.52 bits per heavy atom. The van der Waals surface area contributed by atoms with Gasteiger partial charge in [0.05, 0.1) is 16.7 Å². The molecule has 160 valence electrons. The molecule has 4 heterocycles. The molecule has 0 amide bonds. The van der Waals surface area contributed by atoms with Gasteiger partial charge in [-0.1, -0.05) is 0 Å². The van der Waals surface area contributed by atoms with E-state index in [2.05, 4.69) is 25.1 Å². The van der Waals surface area contributed by atoms with Crippen LogP contribution in [0.1, 0.15) is 5.56 Å². The van der Waals surface area contributed by atoms with Gasteiger partial charge in [-0.25, -0.2) is 13.8 Å². The molecule has 0 atom stereocenters. The average molecular weight is 438 g/mol. The summed E-state index contributed by atoms with van der Waals surface area (Å²) in [6.45, 7) is 1.92. The van der Waals surface area contributed by atoms with Crippen LogP contribution in [0.15, 0.2) is 67.1 Å². The first-order valence-electron chi connectivity index (χ1n) is 10.3. The van der Waals surface area contributed by atoms with Crippen molar-refractivity contribution in [2.45, 2.75) is 6.92 Å². The summed E-state index contributed by atoms with van der Waals surface area (Å²) in [7, 11) is 0. The lowest BCUT2D eigenvalue weighted by atomic mass is 10.0. The zero-order valence-corrected chi connectivity index (χ0v) is 17.4.